The van der Waals surface area contributed by atoms with E-state index in [1.54, 1.807) is 0 Å². The van der Waals surface area contributed by atoms with Crippen molar-refractivity contribution in [3.05, 3.63) is 29.8 Å². The lowest BCUT2D eigenvalue weighted by atomic mass is 9.87. The Labute approximate surface area is 150 Å². The average molecular weight is 347 g/mol. The summed E-state index contributed by atoms with van der Waals surface area (Å²) in [7, 11) is 0. The van der Waals surface area contributed by atoms with Crippen LogP contribution < -0.4 is 4.74 Å². The molecule has 1 aromatic carbocycles. The largest absolute Gasteiger partial charge is 0.484 e. The van der Waals surface area contributed by atoms with Crippen LogP contribution >= 0.6 is 0 Å². The fourth-order valence-corrected chi connectivity index (χ4v) is 3.36. The molecule has 0 radical (unpaired) electrons. The van der Waals surface area contributed by atoms with Crippen molar-refractivity contribution < 1.29 is 19.0 Å². The second-order valence-corrected chi connectivity index (χ2v) is 7.89. The Morgan fingerprint density at radius 1 is 1.12 bits per heavy atom. The fourth-order valence-electron chi connectivity index (χ4n) is 3.36. The molecule has 0 aliphatic carbocycles. The van der Waals surface area contributed by atoms with Crippen molar-refractivity contribution in [1.29, 1.82) is 0 Å². The van der Waals surface area contributed by atoms with Gasteiger partial charge in [0.25, 0.3) is 5.91 Å². The molecule has 0 bridgehead atoms. The molecule has 0 saturated carbocycles. The summed E-state index contributed by atoms with van der Waals surface area (Å²) in [6, 6.07) is 8.00. The number of piperidine rings is 1. The fraction of sp³-hybridized carbons (Fsp3) is 0.650. The van der Waals surface area contributed by atoms with E-state index in [-0.39, 0.29) is 24.2 Å². The zero-order valence-electron chi connectivity index (χ0n) is 15.5. The van der Waals surface area contributed by atoms with Gasteiger partial charge in [0.15, 0.2) is 12.9 Å². The molecule has 138 valence electrons. The molecule has 2 heterocycles. The third-order valence-electron chi connectivity index (χ3n) is 5.01. The van der Waals surface area contributed by atoms with Crippen molar-refractivity contribution in [3.8, 4) is 5.75 Å². The van der Waals surface area contributed by atoms with Gasteiger partial charge in [-0.2, -0.15) is 0 Å². The Balaban J connectivity index is 1.43. The van der Waals surface area contributed by atoms with Crippen LogP contribution in [0.25, 0.3) is 0 Å². The summed E-state index contributed by atoms with van der Waals surface area (Å²) in [6.45, 7) is 9.50. The standard InChI is InChI=1S/C20H29NO4/c1-20(2,3)16-4-6-17(7-5-16)25-14-18(22)21-10-8-15(9-11-21)19-23-12-13-24-19/h4-7,15,19H,8-14H2,1-3H3. The lowest BCUT2D eigenvalue weighted by molar-refractivity contribution is -0.138. The maximum atomic E-state index is 12.4. The van der Waals surface area contributed by atoms with Gasteiger partial charge in [0.05, 0.1) is 13.2 Å². The molecule has 1 amide bonds. The quantitative estimate of drug-likeness (QED) is 0.840. The van der Waals surface area contributed by atoms with Crippen LogP contribution in [0.3, 0.4) is 0 Å². The summed E-state index contributed by atoms with van der Waals surface area (Å²) >= 11 is 0. The maximum Gasteiger partial charge on any atom is 0.260 e. The van der Waals surface area contributed by atoms with Crippen molar-refractivity contribution in [2.45, 2.75) is 45.3 Å². The molecule has 0 spiro atoms. The Kier molecular flexibility index (Phi) is 5.64. The van der Waals surface area contributed by atoms with Gasteiger partial charge in [-0.25, -0.2) is 0 Å². The highest BCUT2D eigenvalue weighted by Gasteiger charge is 2.31. The molecule has 2 fully saturated rings. The van der Waals surface area contributed by atoms with Gasteiger partial charge in [-0.05, 0) is 36.0 Å². The minimum Gasteiger partial charge on any atom is -0.484 e. The molecular weight excluding hydrogens is 318 g/mol. The third-order valence-corrected chi connectivity index (χ3v) is 5.01. The number of hydrogen-bond acceptors (Lipinski definition) is 4. The number of benzene rings is 1. The van der Waals surface area contributed by atoms with Crippen molar-refractivity contribution in [3.63, 3.8) is 0 Å². The molecule has 0 atom stereocenters. The van der Waals surface area contributed by atoms with E-state index in [2.05, 4.69) is 32.9 Å². The van der Waals surface area contributed by atoms with E-state index in [1.807, 2.05) is 17.0 Å². The number of hydrogen-bond donors (Lipinski definition) is 0. The topological polar surface area (TPSA) is 48.0 Å². The predicted molar refractivity (Wildman–Crippen MR) is 95.6 cm³/mol. The molecule has 2 aliphatic rings. The van der Waals surface area contributed by atoms with E-state index in [9.17, 15) is 4.79 Å². The summed E-state index contributed by atoms with van der Waals surface area (Å²) in [5.41, 5.74) is 1.37. The van der Waals surface area contributed by atoms with Crippen LogP contribution in [0.5, 0.6) is 5.75 Å². The second kappa shape index (κ2) is 7.75. The monoisotopic (exact) mass is 347 g/mol. The number of rotatable bonds is 4. The van der Waals surface area contributed by atoms with E-state index in [4.69, 9.17) is 14.2 Å². The van der Waals surface area contributed by atoms with Crippen molar-refractivity contribution >= 4 is 5.91 Å². The summed E-state index contributed by atoms with van der Waals surface area (Å²) in [5, 5.41) is 0. The number of amides is 1. The molecule has 1 aromatic rings. The van der Waals surface area contributed by atoms with Gasteiger partial charge in [0, 0.05) is 19.0 Å². The van der Waals surface area contributed by atoms with E-state index in [1.165, 1.54) is 5.56 Å². The number of carbonyl (C=O) groups excluding carboxylic acids is 1. The first-order valence-corrected chi connectivity index (χ1v) is 9.18. The number of likely N-dealkylation sites (tertiary alicyclic amines) is 1. The minimum absolute atomic E-state index is 0.0478. The summed E-state index contributed by atoms with van der Waals surface area (Å²) < 4.78 is 16.8. The Morgan fingerprint density at radius 3 is 2.28 bits per heavy atom. The average Bonchev–Trinajstić information content (AvgIpc) is 3.14. The minimum atomic E-state index is -0.0742. The Hall–Kier alpha value is -1.59. The van der Waals surface area contributed by atoms with Crippen LogP contribution in [-0.4, -0.2) is 50.0 Å². The lowest BCUT2D eigenvalue weighted by Crippen LogP contribution is -2.43. The first kappa shape index (κ1) is 18.2. The van der Waals surface area contributed by atoms with Crippen molar-refractivity contribution in [1.82, 2.24) is 4.90 Å². The first-order valence-electron chi connectivity index (χ1n) is 9.18. The molecule has 0 unspecified atom stereocenters. The van der Waals surface area contributed by atoms with Crippen molar-refractivity contribution in [2.24, 2.45) is 5.92 Å². The van der Waals surface area contributed by atoms with Crippen LogP contribution in [0.15, 0.2) is 24.3 Å². The highest BCUT2D eigenvalue weighted by Crippen LogP contribution is 2.26. The lowest BCUT2D eigenvalue weighted by Gasteiger charge is -2.33. The van der Waals surface area contributed by atoms with Crippen LogP contribution in [0.1, 0.15) is 39.2 Å². The number of ether oxygens (including phenoxy) is 3. The molecule has 3 rings (SSSR count). The van der Waals surface area contributed by atoms with Gasteiger partial charge in [0.1, 0.15) is 5.75 Å². The van der Waals surface area contributed by atoms with Gasteiger partial charge in [-0.1, -0.05) is 32.9 Å². The van der Waals surface area contributed by atoms with Crippen molar-refractivity contribution in [2.75, 3.05) is 32.9 Å². The van der Waals surface area contributed by atoms with Crippen LogP contribution in [0, 0.1) is 5.92 Å². The number of carbonyl (C=O) groups is 1. The molecule has 25 heavy (non-hydrogen) atoms. The molecule has 0 aromatic heterocycles. The van der Waals surface area contributed by atoms with E-state index < -0.39 is 0 Å². The summed E-state index contributed by atoms with van der Waals surface area (Å²) in [6.07, 6.45) is 1.78. The molecule has 5 nitrogen and oxygen atoms in total. The third kappa shape index (κ3) is 4.73. The maximum absolute atomic E-state index is 12.4. The predicted octanol–water partition coefficient (Wildman–Crippen LogP) is 2.97. The van der Waals surface area contributed by atoms with Gasteiger partial charge in [-0.15, -0.1) is 0 Å². The molecule has 0 N–H and O–H groups in total. The molecule has 5 heteroatoms. The van der Waals surface area contributed by atoms with E-state index >= 15 is 0 Å². The second-order valence-electron chi connectivity index (χ2n) is 7.89. The van der Waals surface area contributed by atoms with Crippen LogP contribution in [0.4, 0.5) is 0 Å². The van der Waals surface area contributed by atoms with Crippen LogP contribution in [-0.2, 0) is 19.7 Å². The normalized spacial score (nSPS) is 20.0. The first-order chi connectivity index (χ1) is 11.9. The van der Waals surface area contributed by atoms with E-state index in [0.717, 1.165) is 31.7 Å². The SMILES string of the molecule is CC(C)(C)c1ccc(OCC(=O)N2CCC(C3OCCO3)CC2)cc1. The Morgan fingerprint density at radius 2 is 1.72 bits per heavy atom. The summed E-state index contributed by atoms with van der Waals surface area (Å²) in [5.74, 6) is 1.19. The zero-order chi connectivity index (χ0) is 17.9. The molecule has 2 saturated heterocycles. The Bertz CT molecular complexity index is 564. The van der Waals surface area contributed by atoms with E-state index in [0.29, 0.717) is 19.1 Å². The smallest absolute Gasteiger partial charge is 0.260 e. The van der Waals surface area contributed by atoms with Gasteiger partial charge in [-0.3, -0.25) is 4.79 Å². The number of nitrogens with zero attached hydrogens (tertiary/aromatic N) is 1. The molecular formula is C20H29NO4. The highest BCUT2D eigenvalue weighted by molar-refractivity contribution is 5.77. The summed E-state index contributed by atoms with van der Waals surface area (Å²) in [4.78, 5) is 14.2. The zero-order valence-corrected chi connectivity index (χ0v) is 15.5. The highest BCUT2D eigenvalue weighted by atomic mass is 16.7. The van der Waals surface area contributed by atoms with Crippen LogP contribution in [0.2, 0.25) is 0 Å². The van der Waals surface area contributed by atoms with Gasteiger partial charge in [0.2, 0.25) is 0 Å². The van der Waals surface area contributed by atoms with Gasteiger partial charge >= 0.3 is 0 Å². The molecule has 2 aliphatic heterocycles. The van der Waals surface area contributed by atoms with Gasteiger partial charge < -0.3 is 19.1 Å².